The molecule has 326 valence electrons. The highest BCUT2D eigenvalue weighted by Gasteiger charge is 2.50. The number of fused-ring (bicyclic) bond motifs is 3. The number of phenols is 2. The Bertz CT molecular complexity index is 2250. The number of hydrogen-bond donors (Lipinski definition) is 5. The summed E-state index contributed by atoms with van der Waals surface area (Å²) >= 11 is 0. The number of aromatic hydroxyl groups is 2. The fraction of sp³-hybridized carbons (Fsp3) is 0.578. The van der Waals surface area contributed by atoms with Gasteiger partial charge in [-0.25, -0.2) is 4.99 Å². The third kappa shape index (κ3) is 8.16. The summed E-state index contributed by atoms with van der Waals surface area (Å²) in [6.07, 6.45) is 6.54. The van der Waals surface area contributed by atoms with Gasteiger partial charge in [-0.05, 0) is 46.2 Å². The molecule has 1 fully saturated rings. The van der Waals surface area contributed by atoms with Crippen molar-refractivity contribution < 1.29 is 53.8 Å². The van der Waals surface area contributed by atoms with E-state index in [0.717, 1.165) is 19.3 Å². The van der Waals surface area contributed by atoms with Crippen molar-refractivity contribution in [2.75, 3.05) is 32.6 Å². The van der Waals surface area contributed by atoms with Gasteiger partial charge in [-0.1, -0.05) is 45.9 Å². The van der Waals surface area contributed by atoms with Crippen molar-refractivity contribution in [2.24, 2.45) is 33.7 Å². The molecule has 5 N–H and O–H groups in total. The second-order valence-corrected chi connectivity index (χ2v) is 17.1. The number of carbonyl (C=O) groups excluding carboxylic acids is 3. The first kappa shape index (κ1) is 44.7. The van der Waals surface area contributed by atoms with Crippen LogP contribution < -0.4 is 20.8 Å². The minimum Gasteiger partial charge on any atom is -0.507 e. The first-order valence-electron chi connectivity index (χ1n) is 20.8. The molecular formula is C45H60N4O11. The SMILES string of the molecule is CO[C@H]1/C=C/O[C@@]2(C)Oc3c(C)c(O)c4c(O)c(c5c(c4c3C2=O)NCC[C@H]2CC[C@@H](CN=5)N2C)=NC(=O)/C(C)=C\C=C\[C@H](C)[C@H](O)[C@@H](C)[C@@H](O)[C@@H](C)[C@H](OC(C)=O)[C@@H]1C. The summed E-state index contributed by atoms with van der Waals surface area (Å²) in [7, 11) is 3.53. The van der Waals surface area contributed by atoms with Crippen LogP contribution >= 0.6 is 0 Å². The smallest absolute Gasteiger partial charge is 0.312 e. The van der Waals surface area contributed by atoms with Crippen LogP contribution in [0, 0.1) is 30.6 Å². The standard InChI is InChI=1S/C45H60N4O11/c1-21-12-11-13-22(2)44(56)48-36-35-34(46-18-16-28-14-15-29(20-47-35)49(28)9)31-32(40(36)54)39(53)26(6)42-33(31)43(55)45(8,60-42)58-19-17-30(57-10)23(3)41(59-27(7)50)25(5)38(52)24(4)37(21)51/h11-13,17,19,21,23-25,28-30,37-38,41,46,51-54H,14-16,18,20H2,1-10H3/b12-11+,19-17+,22-13-,47-35?,48-36?/t21-,23+,24+,25+,28+,29-,30-,37-,38+,41+,45-/m0/s1. The Morgan fingerprint density at radius 1 is 0.950 bits per heavy atom. The Kier molecular flexibility index (Phi) is 13.1. The lowest BCUT2D eigenvalue weighted by atomic mass is 9.78. The fourth-order valence-electron chi connectivity index (χ4n) is 9.22. The summed E-state index contributed by atoms with van der Waals surface area (Å²) in [6.45, 7) is 13.6. The average molecular weight is 833 g/mol. The van der Waals surface area contributed by atoms with E-state index in [2.05, 4.69) is 22.3 Å². The highest BCUT2D eigenvalue weighted by molar-refractivity contribution is 6.21. The summed E-state index contributed by atoms with van der Waals surface area (Å²) < 4.78 is 24.0. The number of ether oxygens (including phenoxy) is 4. The number of ketones is 1. The molecule has 60 heavy (non-hydrogen) atoms. The maximum atomic E-state index is 14.7. The van der Waals surface area contributed by atoms with E-state index in [-0.39, 0.29) is 55.7 Å². The van der Waals surface area contributed by atoms with Crippen molar-refractivity contribution >= 4 is 34.1 Å². The first-order valence-corrected chi connectivity index (χ1v) is 20.8. The first-order chi connectivity index (χ1) is 28.3. The molecule has 4 heterocycles. The van der Waals surface area contributed by atoms with Gasteiger partial charge in [0.25, 0.3) is 11.7 Å². The molecule has 0 radical (unpaired) electrons. The second-order valence-electron chi connectivity index (χ2n) is 17.1. The Hall–Kier alpha value is -4.83. The molecular weight excluding hydrogens is 773 g/mol. The zero-order chi connectivity index (χ0) is 44.0. The van der Waals surface area contributed by atoms with Gasteiger partial charge in [-0.2, -0.15) is 0 Å². The lowest BCUT2D eigenvalue weighted by Crippen LogP contribution is -2.46. The molecule has 11 atom stereocenters. The molecule has 15 heteroatoms. The van der Waals surface area contributed by atoms with Crippen molar-refractivity contribution in [3.8, 4) is 17.2 Å². The monoisotopic (exact) mass is 832 g/mol. The molecule has 1 saturated heterocycles. The number of hydrogen-bond acceptors (Lipinski definition) is 14. The zero-order valence-corrected chi connectivity index (χ0v) is 36.2. The number of phenolic OH excluding ortho intramolecular Hbond substituents is 2. The van der Waals surface area contributed by atoms with Crippen molar-refractivity contribution in [3.63, 3.8) is 0 Å². The number of nitrogens with zero attached hydrogens (tertiary/aromatic N) is 3. The molecule has 0 aliphatic carbocycles. The number of anilines is 1. The van der Waals surface area contributed by atoms with Crippen molar-refractivity contribution in [1.29, 1.82) is 0 Å². The van der Waals surface area contributed by atoms with E-state index in [0.29, 0.717) is 24.8 Å². The highest BCUT2D eigenvalue weighted by atomic mass is 16.7. The third-order valence-corrected chi connectivity index (χ3v) is 13.1. The number of amides is 1. The maximum absolute atomic E-state index is 14.7. The Morgan fingerprint density at radius 3 is 2.33 bits per heavy atom. The Balaban J connectivity index is 1.59. The van der Waals surface area contributed by atoms with Gasteiger partial charge in [0.1, 0.15) is 28.3 Å². The van der Waals surface area contributed by atoms with Crippen LogP contribution in [0.5, 0.6) is 17.2 Å². The minimum absolute atomic E-state index is 0.0518. The van der Waals surface area contributed by atoms with Crippen LogP contribution in [-0.4, -0.2) is 113 Å². The highest BCUT2D eigenvalue weighted by Crippen LogP contribution is 2.50. The van der Waals surface area contributed by atoms with Gasteiger partial charge in [0.05, 0.1) is 47.8 Å². The summed E-state index contributed by atoms with van der Waals surface area (Å²) in [5, 5.41) is 50.4. The van der Waals surface area contributed by atoms with Gasteiger partial charge in [0.15, 0.2) is 5.75 Å². The molecule has 0 saturated carbocycles. The molecule has 0 aromatic heterocycles. The molecule has 1 amide bonds. The number of aliphatic hydroxyl groups excluding tert-OH is 2. The molecule has 15 nitrogen and oxygen atoms in total. The van der Waals surface area contributed by atoms with E-state index < -0.39 is 77.3 Å². The number of methoxy groups -OCH3 is 1. The number of Topliss-reactive ketones (excluding diaryl/α,β-unsaturated/α-hetero) is 1. The van der Waals surface area contributed by atoms with Crippen LogP contribution in [-0.2, 0) is 23.8 Å². The van der Waals surface area contributed by atoms with E-state index in [1.54, 1.807) is 65.8 Å². The number of allylic oxidation sites excluding steroid dienone is 2. The maximum Gasteiger partial charge on any atom is 0.312 e. The fourth-order valence-corrected chi connectivity index (χ4v) is 9.22. The lowest BCUT2D eigenvalue weighted by molar-refractivity contribution is -0.160. The number of rotatable bonds is 2. The van der Waals surface area contributed by atoms with E-state index in [1.165, 1.54) is 27.2 Å². The number of carbonyl (C=O) groups is 3. The van der Waals surface area contributed by atoms with E-state index in [9.17, 15) is 34.8 Å². The Labute approximate surface area is 350 Å². The summed E-state index contributed by atoms with van der Waals surface area (Å²) in [5.41, 5.74) is 0.725. The molecule has 0 spiro atoms. The molecule has 6 rings (SSSR count). The molecule has 4 aliphatic rings. The topological polar surface area (TPSA) is 209 Å². The second kappa shape index (κ2) is 17.6. The minimum atomic E-state index is -1.95. The van der Waals surface area contributed by atoms with Crippen LogP contribution in [0.4, 0.5) is 5.69 Å². The van der Waals surface area contributed by atoms with Crippen LogP contribution in [0.1, 0.15) is 83.7 Å². The van der Waals surface area contributed by atoms with Crippen LogP contribution in [0.15, 0.2) is 46.1 Å². The number of likely N-dealkylation sites (N-methyl/N-ethyl adjacent to an activating group) is 1. The van der Waals surface area contributed by atoms with Gasteiger partial charge in [-0.15, -0.1) is 0 Å². The predicted octanol–water partition coefficient (Wildman–Crippen LogP) is 4.15. The summed E-state index contributed by atoms with van der Waals surface area (Å²) in [4.78, 5) is 52.7. The van der Waals surface area contributed by atoms with Crippen molar-refractivity contribution in [3.05, 3.63) is 58.0 Å². The summed E-state index contributed by atoms with van der Waals surface area (Å²) in [6, 6.07) is 0.383. The van der Waals surface area contributed by atoms with Gasteiger partial charge in [0.2, 0.25) is 0 Å². The number of esters is 1. The lowest BCUT2D eigenvalue weighted by Gasteiger charge is -2.38. The molecule has 0 unspecified atom stereocenters. The molecule has 4 aliphatic heterocycles. The van der Waals surface area contributed by atoms with Gasteiger partial charge in [0, 0.05) is 79.8 Å². The quantitative estimate of drug-likeness (QED) is 0.213. The van der Waals surface area contributed by atoms with E-state index in [4.69, 9.17) is 23.9 Å². The summed E-state index contributed by atoms with van der Waals surface area (Å²) in [5.74, 6) is -7.04. The van der Waals surface area contributed by atoms with E-state index >= 15 is 0 Å². The molecule has 2 aromatic carbocycles. The predicted molar refractivity (Wildman–Crippen MR) is 223 cm³/mol. The van der Waals surface area contributed by atoms with Crippen LogP contribution in [0.2, 0.25) is 0 Å². The van der Waals surface area contributed by atoms with Crippen LogP contribution in [0.3, 0.4) is 0 Å². The van der Waals surface area contributed by atoms with Gasteiger partial charge >= 0.3 is 11.8 Å². The molecule has 6 bridgehead atoms. The third-order valence-electron chi connectivity index (χ3n) is 13.1. The number of aliphatic hydroxyl groups is 2. The van der Waals surface area contributed by atoms with Crippen LogP contribution in [0.25, 0.3) is 10.8 Å². The van der Waals surface area contributed by atoms with E-state index in [1.807, 2.05) is 0 Å². The Morgan fingerprint density at radius 2 is 1.65 bits per heavy atom. The molecule has 2 aromatic rings. The largest absolute Gasteiger partial charge is 0.507 e. The number of nitrogens with one attached hydrogen (secondary N) is 1. The normalized spacial score (nSPS) is 34.9. The average Bonchev–Trinajstić information content (AvgIpc) is 3.68. The van der Waals surface area contributed by atoms with Gasteiger partial charge in [-0.3, -0.25) is 24.3 Å². The van der Waals surface area contributed by atoms with Crippen molar-refractivity contribution in [1.82, 2.24) is 4.90 Å². The number of benzene rings is 2. The van der Waals surface area contributed by atoms with Gasteiger partial charge < -0.3 is 44.7 Å². The zero-order valence-electron chi connectivity index (χ0n) is 36.2. The van der Waals surface area contributed by atoms with Crippen molar-refractivity contribution in [2.45, 2.75) is 117 Å².